The summed E-state index contributed by atoms with van der Waals surface area (Å²) in [6, 6.07) is 12.9. The Kier molecular flexibility index (Phi) is 4.52. The van der Waals surface area contributed by atoms with Gasteiger partial charge in [-0.05, 0) is 36.4 Å². The fourth-order valence-corrected chi connectivity index (χ4v) is 3.36. The van der Waals surface area contributed by atoms with E-state index in [1.807, 2.05) is 0 Å². The number of benzene rings is 2. The Bertz CT molecular complexity index is 1080. The van der Waals surface area contributed by atoms with E-state index in [0.29, 0.717) is 33.3 Å². The Balaban J connectivity index is 1.52. The lowest BCUT2D eigenvalue weighted by molar-refractivity contribution is -0.113. The number of carbonyl (C=O) groups excluding carboxylic acids is 1. The molecule has 0 radical (unpaired) electrons. The molecule has 3 aromatic rings. The van der Waals surface area contributed by atoms with Crippen molar-refractivity contribution in [2.75, 3.05) is 17.9 Å². The average Bonchev–Trinajstić information content (AvgIpc) is 3.12. The fraction of sp³-hybridized carbons (Fsp3) is 0.105. The molecule has 2 aromatic carbocycles. The molecule has 8 heteroatoms. The van der Waals surface area contributed by atoms with Crippen LogP contribution in [0.5, 0.6) is 11.5 Å². The number of amides is 1. The number of nitriles is 1. The number of carbonyl (C=O) groups is 1. The molecule has 1 aromatic heterocycles. The van der Waals surface area contributed by atoms with Gasteiger partial charge in [-0.25, -0.2) is 9.37 Å². The number of hydrogen-bond acceptors (Lipinski definition) is 6. The molecule has 2 heterocycles. The predicted octanol–water partition coefficient (Wildman–Crippen LogP) is 3.71. The number of aromatic nitrogens is 1. The van der Waals surface area contributed by atoms with Crippen molar-refractivity contribution in [3.63, 3.8) is 0 Å². The van der Waals surface area contributed by atoms with Crippen molar-refractivity contribution in [3.8, 4) is 17.6 Å². The van der Waals surface area contributed by atoms with Gasteiger partial charge in [-0.1, -0.05) is 11.8 Å². The van der Waals surface area contributed by atoms with Crippen LogP contribution in [-0.4, -0.2) is 23.4 Å². The second kappa shape index (κ2) is 7.13. The van der Waals surface area contributed by atoms with Crippen LogP contribution in [0.1, 0.15) is 5.56 Å². The first-order valence-corrected chi connectivity index (χ1v) is 8.93. The highest BCUT2D eigenvalue weighted by molar-refractivity contribution is 8.00. The third-order valence-electron chi connectivity index (χ3n) is 3.86. The molecule has 6 nitrogen and oxygen atoms in total. The summed E-state index contributed by atoms with van der Waals surface area (Å²) in [5, 5.41) is 13.3. The zero-order valence-electron chi connectivity index (χ0n) is 13.9. The van der Waals surface area contributed by atoms with E-state index in [2.05, 4.69) is 16.4 Å². The summed E-state index contributed by atoms with van der Waals surface area (Å²) in [4.78, 5) is 16.6. The zero-order valence-corrected chi connectivity index (χ0v) is 14.7. The summed E-state index contributed by atoms with van der Waals surface area (Å²) in [5.41, 5.74) is 1.53. The topological polar surface area (TPSA) is 84.2 Å². The van der Waals surface area contributed by atoms with Gasteiger partial charge in [0.2, 0.25) is 12.7 Å². The van der Waals surface area contributed by atoms with E-state index in [1.165, 1.54) is 24.3 Å². The highest BCUT2D eigenvalue weighted by Gasteiger charge is 2.17. The van der Waals surface area contributed by atoms with Gasteiger partial charge in [-0.2, -0.15) is 5.26 Å². The van der Waals surface area contributed by atoms with Crippen molar-refractivity contribution in [1.29, 1.82) is 5.26 Å². The molecule has 0 fully saturated rings. The van der Waals surface area contributed by atoms with Crippen molar-refractivity contribution in [2.45, 2.75) is 5.03 Å². The lowest BCUT2D eigenvalue weighted by atomic mass is 10.1. The molecule has 0 unspecified atom stereocenters. The number of thioether (sulfide) groups is 1. The number of fused-ring (bicyclic) bond motifs is 2. The van der Waals surface area contributed by atoms with E-state index in [-0.39, 0.29) is 24.3 Å². The van der Waals surface area contributed by atoms with Gasteiger partial charge in [0, 0.05) is 17.1 Å². The molecule has 1 aliphatic heterocycles. The third kappa shape index (κ3) is 3.64. The number of nitrogens with one attached hydrogen (secondary N) is 1. The van der Waals surface area contributed by atoms with Crippen molar-refractivity contribution in [2.24, 2.45) is 0 Å². The molecule has 1 N–H and O–H groups in total. The van der Waals surface area contributed by atoms with Gasteiger partial charge in [0.1, 0.15) is 16.9 Å². The second-order valence-corrected chi connectivity index (χ2v) is 6.66. The minimum absolute atomic E-state index is 0.0646. The summed E-state index contributed by atoms with van der Waals surface area (Å²) in [6.07, 6.45) is 0. The summed E-state index contributed by atoms with van der Waals surface area (Å²) in [6.45, 7) is 0.155. The molecular weight excluding hydrogens is 369 g/mol. The number of ether oxygens (including phenoxy) is 2. The Morgan fingerprint density at radius 2 is 1.96 bits per heavy atom. The van der Waals surface area contributed by atoms with Crippen molar-refractivity contribution >= 4 is 34.3 Å². The van der Waals surface area contributed by atoms with Gasteiger partial charge in [0.25, 0.3) is 0 Å². The number of hydrogen-bond donors (Lipinski definition) is 1. The molecule has 1 aliphatic rings. The molecule has 1 amide bonds. The first-order valence-electron chi connectivity index (χ1n) is 7.95. The maximum Gasteiger partial charge on any atom is 0.234 e. The molecule has 0 saturated carbocycles. The molecule has 27 heavy (non-hydrogen) atoms. The van der Waals surface area contributed by atoms with E-state index >= 15 is 0 Å². The van der Waals surface area contributed by atoms with Crippen molar-refractivity contribution < 1.29 is 18.7 Å². The normalized spacial score (nSPS) is 12.0. The van der Waals surface area contributed by atoms with E-state index in [0.717, 1.165) is 17.1 Å². The Labute approximate surface area is 157 Å². The fourth-order valence-electron chi connectivity index (χ4n) is 2.60. The van der Waals surface area contributed by atoms with Crippen LogP contribution in [0.4, 0.5) is 10.1 Å². The minimum Gasteiger partial charge on any atom is -0.454 e. The zero-order chi connectivity index (χ0) is 18.8. The summed E-state index contributed by atoms with van der Waals surface area (Å²) < 4.78 is 23.6. The van der Waals surface area contributed by atoms with Crippen molar-refractivity contribution in [1.82, 2.24) is 4.98 Å². The monoisotopic (exact) mass is 381 g/mol. The van der Waals surface area contributed by atoms with Crippen molar-refractivity contribution in [3.05, 3.63) is 53.8 Å². The van der Waals surface area contributed by atoms with Gasteiger partial charge in [-0.15, -0.1) is 0 Å². The number of anilines is 1. The van der Waals surface area contributed by atoms with E-state index in [1.54, 1.807) is 18.2 Å². The standard InChI is InChI=1S/C19H12FN3O3S/c20-13-1-3-14(4-2-13)22-18(24)9-27-19-12(8-21)5-11-6-16-17(26-10-25-16)7-15(11)23-19/h1-7H,9-10H2,(H,22,24). The maximum atomic E-state index is 12.9. The van der Waals surface area contributed by atoms with Crippen LogP contribution >= 0.6 is 11.8 Å². The van der Waals surface area contributed by atoms with Crippen LogP contribution in [0.3, 0.4) is 0 Å². The molecular formula is C19H12FN3O3S. The summed E-state index contributed by atoms with van der Waals surface area (Å²) in [5.74, 6) is 0.636. The lowest BCUT2D eigenvalue weighted by Crippen LogP contribution is -2.14. The summed E-state index contributed by atoms with van der Waals surface area (Å²) in [7, 11) is 0. The number of halogens is 1. The van der Waals surface area contributed by atoms with Gasteiger partial charge in [-0.3, -0.25) is 4.79 Å². The van der Waals surface area contributed by atoms with Crippen LogP contribution in [0, 0.1) is 17.1 Å². The third-order valence-corrected chi connectivity index (χ3v) is 4.85. The Morgan fingerprint density at radius 3 is 2.70 bits per heavy atom. The van der Waals surface area contributed by atoms with Crippen LogP contribution < -0.4 is 14.8 Å². The van der Waals surface area contributed by atoms with E-state index < -0.39 is 0 Å². The van der Waals surface area contributed by atoms with E-state index in [4.69, 9.17) is 9.47 Å². The first-order chi connectivity index (χ1) is 13.1. The Morgan fingerprint density at radius 1 is 1.22 bits per heavy atom. The minimum atomic E-state index is -0.373. The van der Waals surface area contributed by atoms with Gasteiger partial charge < -0.3 is 14.8 Å². The highest BCUT2D eigenvalue weighted by Crippen LogP contribution is 2.36. The molecule has 0 aliphatic carbocycles. The summed E-state index contributed by atoms with van der Waals surface area (Å²) >= 11 is 1.16. The largest absolute Gasteiger partial charge is 0.454 e. The Hall–Kier alpha value is -3.31. The van der Waals surface area contributed by atoms with Crippen LogP contribution in [-0.2, 0) is 4.79 Å². The SMILES string of the molecule is N#Cc1cc2cc3c(cc2nc1SCC(=O)Nc1ccc(F)cc1)OCO3. The van der Waals surface area contributed by atoms with Crippen LogP contribution in [0.15, 0.2) is 47.5 Å². The molecule has 0 spiro atoms. The average molecular weight is 381 g/mol. The van der Waals surface area contributed by atoms with E-state index in [9.17, 15) is 14.4 Å². The van der Waals surface area contributed by atoms with Crippen LogP contribution in [0.2, 0.25) is 0 Å². The number of rotatable bonds is 4. The second-order valence-electron chi connectivity index (χ2n) is 5.69. The highest BCUT2D eigenvalue weighted by atomic mass is 32.2. The van der Waals surface area contributed by atoms with Gasteiger partial charge in [0.15, 0.2) is 11.5 Å². The number of nitrogens with zero attached hydrogens (tertiary/aromatic N) is 2. The quantitative estimate of drug-likeness (QED) is 0.694. The molecule has 0 atom stereocenters. The first kappa shape index (κ1) is 17.1. The van der Waals surface area contributed by atoms with Gasteiger partial charge in [0.05, 0.1) is 16.8 Å². The van der Waals surface area contributed by atoms with Crippen LogP contribution in [0.25, 0.3) is 10.9 Å². The van der Waals surface area contributed by atoms with Gasteiger partial charge >= 0.3 is 0 Å². The molecule has 0 bridgehead atoms. The molecule has 4 rings (SSSR count). The maximum absolute atomic E-state index is 12.9. The molecule has 134 valence electrons. The lowest BCUT2D eigenvalue weighted by Gasteiger charge is -2.07. The smallest absolute Gasteiger partial charge is 0.234 e. The number of pyridine rings is 1. The molecule has 0 saturated heterocycles. The predicted molar refractivity (Wildman–Crippen MR) is 98.3 cm³/mol.